The Bertz CT molecular complexity index is 541. The largest absolute Gasteiger partial charge is 0.233 e. The van der Waals surface area contributed by atoms with E-state index in [2.05, 4.69) is 25.9 Å². The first-order chi connectivity index (χ1) is 8.06. The van der Waals surface area contributed by atoms with Crippen LogP contribution in [0.2, 0.25) is 0 Å². The Morgan fingerprint density at radius 1 is 1.18 bits per heavy atom. The summed E-state index contributed by atoms with van der Waals surface area (Å²) in [6, 6.07) is 8.19. The third-order valence-electron chi connectivity index (χ3n) is 2.35. The van der Waals surface area contributed by atoms with E-state index in [9.17, 15) is 4.39 Å². The van der Waals surface area contributed by atoms with Crippen LogP contribution in [0.25, 0.3) is 11.3 Å². The zero-order chi connectivity index (χ0) is 12.4. The van der Waals surface area contributed by atoms with Gasteiger partial charge in [-0.1, -0.05) is 26.0 Å². The lowest BCUT2D eigenvalue weighted by molar-refractivity contribution is 0.628. The molecule has 2 rings (SSSR count). The van der Waals surface area contributed by atoms with Crippen molar-refractivity contribution in [1.29, 1.82) is 0 Å². The van der Waals surface area contributed by atoms with Crippen molar-refractivity contribution in [3.63, 3.8) is 0 Å². The fourth-order valence-corrected chi connectivity index (χ4v) is 1.89. The Kier molecular flexibility index (Phi) is 3.52. The molecule has 2 nitrogen and oxygen atoms in total. The zero-order valence-corrected chi connectivity index (χ0v) is 11.2. The Balaban J connectivity index is 2.52. The minimum atomic E-state index is -0.261. The van der Waals surface area contributed by atoms with Gasteiger partial charge in [0.15, 0.2) is 0 Å². The van der Waals surface area contributed by atoms with Crippen molar-refractivity contribution in [2.45, 2.75) is 19.8 Å². The summed E-state index contributed by atoms with van der Waals surface area (Å²) >= 11 is 3.35. The van der Waals surface area contributed by atoms with Gasteiger partial charge >= 0.3 is 0 Å². The molecule has 0 aliphatic carbocycles. The second-order valence-electron chi connectivity index (χ2n) is 4.10. The van der Waals surface area contributed by atoms with E-state index in [1.807, 2.05) is 19.9 Å². The quantitative estimate of drug-likeness (QED) is 0.777. The van der Waals surface area contributed by atoms with E-state index in [4.69, 9.17) is 0 Å². The van der Waals surface area contributed by atoms with Gasteiger partial charge in [-0.3, -0.25) is 0 Å². The summed E-state index contributed by atoms with van der Waals surface area (Å²) in [7, 11) is 0. The van der Waals surface area contributed by atoms with Crippen molar-refractivity contribution in [3.8, 4) is 11.3 Å². The van der Waals surface area contributed by atoms with E-state index in [0.29, 0.717) is 0 Å². The van der Waals surface area contributed by atoms with Crippen LogP contribution in [-0.4, -0.2) is 9.97 Å². The average molecular weight is 295 g/mol. The van der Waals surface area contributed by atoms with Gasteiger partial charge in [0.25, 0.3) is 0 Å². The van der Waals surface area contributed by atoms with Gasteiger partial charge in [0.05, 0.1) is 5.69 Å². The van der Waals surface area contributed by atoms with Crippen LogP contribution in [0.3, 0.4) is 0 Å². The Hall–Kier alpha value is -1.29. The van der Waals surface area contributed by atoms with Gasteiger partial charge in [0.2, 0.25) is 0 Å². The van der Waals surface area contributed by atoms with Crippen LogP contribution in [-0.2, 0) is 0 Å². The fraction of sp³-hybridized carbons (Fsp3) is 0.231. The second kappa shape index (κ2) is 4.92. The lowest BCUT2D eigenvalue weighted by Crippen LogP contribution is -1.99. The van der Waals surface area contributed by atoms with Crippen LogP contribution in [0.1, 0.15) is 25.6 Å². The molecule has 0 unspecified atom stereocenters. The molecule has 88 valence electrons. The molecular formula is C13H12BrFN2. The Labute approximate surface area is 108 Å². The molecule has 0 bridgehead atoms. The minimum Gasteiger partial charge on any atom is -0.233 e. The standard InChI is InChI=1S/C13H12BrFN2/c1-8(2)13-16-11(7-12(14)17-13)9-4-3-5-10(15)6-9/h3-8H,1-2H3. The third kappa shape index (κ3) is 2.88. The van der Waals surface area contributed by atoms with E-state index in [1.165, 1.54) is 12.1 Å². The first-order valence-electron chi connectivity index (χ1n) is 5.36. The van der Waals surface area contributed by atoms with Crippen LogP contribution >= 0.6 is 15.9 Å². The fourth-order valence-electron chi connectivity index (χ4n) is 1.49. The maximum Gasteiger partial charge on any atom is 0.132 e. The number of nitrogens with zero attached hydrogens (tertiary/aromatic N) is 2. The molecule has 0 radical (unpaired) electrons. The van der Waals surface area contributed by atoms with Crippen LogP contribution in [0.4, 0.5) is 4.39 Å². The van der Waals surface area contributed by atoms with Gasteiger partial charge in [-0.15, -0.1) is 0 Å². The van der Waals surface area contributed by atoms with Crippen molar-refractivity contribution < 1.29 is 4.39 Å². The molecule has 0 saturated carbocycles. The van der Waals surface area contributed by atoms with Gasteiger partial charge in [0.1, 0.15) is 16.2 Å². The van der Waals surface area contributed by atoms with Crippen molar-refractivity contribution >= 4 is 15.9 Å². The molecule has 4 heteroatoms. The van der Waals surface area contributed by atoms with E-state index >= 15 is 0 Å². The molecular weight excluding hydrogens is 283 g/mol. The number of aromatic nitrogens is 2. The first-order valence-corrected chi connectivity index (χ1v) is 6.16. The SMILES string of the molecule is CC(C)c1nc(Br)cc(-c2cccc(F)c2)n1. The van der Waals surface area contributed by atoms with Gasteiger partial charge in [0, 0.05) is 11.5 Å². The lowest BCUT2D eigenvalue weighted by Gasteiger charge is -2.07. The summed E-state index contributed by atoms with van der Waals surface area (Å²) < 4.78 is 13.9. The van der Waals surface area contributed by atoms with E-state index in [0.717, 1.165) is 21.7 Å². The topological polar surface area (TPSA) is 25.8 Å². The summed E-state index contributed by atoms with van der Waals surface area (Å²) in [5.41, 5.74) is 1.49. The summed E-state index contributed by atoms with van der Waals surface area (Å²) in [6.45, 7) is 4.05. The van der Waals surface area contributed by atoms with Crippen molar-refractivity contribution in [3.05, 3.63) is 46.6 Å². The number of rotatable bonds is 2. The molecule has 1 aromatic carbocycles. The van der Waals surface area contributed by atoms with Crippen molar-refractivity contribution in [2.24, 2.45) is 0 Å². The highest BCUT2D eigenvalue weighted by Crippen LogP contribution is 2.23. The predicted octanol–water partition coefficient (Wildman–Crippen LogP) is 4.17. The van der Waals surface area contributed by atoms with Crippen LogP contribution < -0.4 is 0 Å². The summed E-state index contributed by atoms with van der Waals surface area (Å²) in [6.07, 6.45) is 0. The Morgan fingerprint density at radius 3 is 2.59 bits per heavy atom. The molecule has 0 atom stereocenters. The van der Waals surface area contributed by atoms with Crippen LogP contribution in [0.15, 0.2) is 34.9 Å². The molecule has 0 amide bonds. The molecule has 17 heavy (non-hydrogen) atoms. The summed E-state index contributed by atoms with van der Waals surface area (Å²) in [4.78, 5) is 8.73. The van der Waals surface area contributed by atoms with Crippen LogP contribution in [0, 0.1) is 5.82 Å². The zero-order valence-electron chi connectivity index (χ0n) is 9.61. The molecule has 0 N–H and O–H groups in total. The molecule has 2 aromatic rings. The summed E-state index contributed by atoms with van der Waals surface area (Å²) in [5.74, 6) is 0.724. The second-order valence-corrected chi connectivity index (χ2v) is 4.91. The molecule has 0 aliphatic rings. The first kappa shape index (κ1) is 12.2. The molecule has 0 fully saturated rings. The predicted molar refractivity (Wildman–Crippen MR) is 69.2 cm³/mol. The highest BCUT2D eigenvalue weighted by molar-refractivity contribution is 9.10. The van der Waals surface area contributed by atoms with Gasteiger partial charge in [-0.2, -0.15) is 0 Å². The molecule has 0 saturated heterocycles. The molecule has 0 spiro atoms. The van der Waals surface area contributed by atoms with E-state index < -0.39 is 0 Å². The number of hydrogen-bond acceptors (Lipinski definition) is 2. The number of halogens is 2. The maximum atomic E-state index is 13.2. The highest BCUT2D eigenvalue weighted by Gasteiger charge is 2.08. The molecule has 1 aromatic heterocycles. The van der Waals surface area contributed by atoms with Crippen molar-refractivity contribution in [1.82, 2.24) is 9.97 Å². The lowest BCUT2D eigenvalue weighted by atomic mass is 10.1. The van der Waals surface area contributed by atoms with E-state index in [1.54, 1.807) is 12.1 Å². The molecule has 0 aliphatic heterocycles. The Morgan fingerprint density at radius 2 is 1.94 bits per heavy atom. The number of benzene rings is 1. The minimum absolute atomic E-state index is 0.236. The maximum absolute atomic E-state index is 13.2. The van der Waals surface area contributed by atoms with Gasteiger partial charge in [-0.25, -0.2) is 14.4 Å². The normalized spacial score (nSPS) is 10.9. The van der Waals surface area contributed by atoms with Crippen molar-refractivity contribution in [2.75, 3.05) is 0 Å². The smallest absolute Gasteiger partial charge is 0.132 e. The third-order valence-corrected chi connectivity index (χ3v) is 2.76. The molecule has 1 heterocycles. The monoisotopic (exact) mass is 294 g/mol. The summed E-state index contributed by atoms with van der Waals surface area (Å²) in [5, 5.41) is 0. The highest BCUT2D eigenvalue weighted by atomic mass is 79.9. The van der Waals surface area contributed by atoms with Crippen LogP contribution in [0.5, 0.6) is 0 Å². The van der Waals surface area contributed by atoms with Gasteiger partial charge in [-0.05, 0) is 34.1 Å². The average Bonchev–Trinajstić information content (AvgIpc) is 2.28. The van der Waals surface area contributed by atoms with E-state index in [-0.39, 0.29) is 11.7 Å². The van der Waals surface area contributed by atoms with Gasteiger partial charge < -0.3 is 0 Å². The number of hydrogen-bond donors (Lipinski definition) is 0.